The smallest absolute Gasteiger partial charge is 0.240 e. The number of amides is 2. The Kier molecular flexibility index (Phi) is 6.99. The number of anilines is 1. The number of carbonyl (C=O) groups is 2. The Balaban J connectivity index is 1.80. The largest absolute Gasteiger partial charge is 0.507 e. The van der Waals surface area contributed by atoms with Crippen LogP contribution in [0.3, 0.4) is 0 Å². The third-order valence-corrected chi connectivity index (χ3v) is 3.58. The summed E-state index contributed by atoms with van der Waals surface area (Å²) in [5.74, 6) is -0.223. The van der Waals surface area contributed by atoms with E-state index >= 15 is 0 Å². The van der Waals surface area contributed by atoms with Gasteiger partial charge in [0.15, 0.2) is 0 Å². The predicted octanol–water partition coefficient (Wildman–Crippen LogP) is 2.92. The monoisotopic (exact) mass is 375 g/mol. The standard InChI is InChI=1S/C18H18ClN3O4/c1-26-16-5-3-2-4-14(16)21-17(24)8-9-18(25)22-20-11-12-10-13(19)6-7-15(12)23/h2-7,10-11,23H,8-9H2,1H3,(H,21,24)(H,22,25)/b20-11+. The highest BCUT2D eigenvalue weighted by Crippen LogP contribution is 2.23. The molecule has 0 bridgehead atoms. The Morgan fingerprint density at radius 1 is 1.19 bits per heavy atom. The van der Waals surface area contributed by atoms with Gasteiger partial charge in [-0.25, -0.2) is 5.43 Å². The summed E-state index contributed by atoms with van der Waals surface area (Å²) >= 11 is 5.82. The van der Waals surface area contributed by atoms with Gasteiger partial charge >= 0.3 is 0 Å². The Hall–Kier alpha value is -3.06. The maximum atomic E-state index is 11.9. The highest BCUT2D eigenvalue weighted by atomic mass is 35.5. The van der Waals surface area contributed by atoms with E-state index in [2.05, 4.69) is 15.8 Å². The topological polar surface area (TPSA) is 100 Å². The zero-order valence-electron chi connectivity index (χ0n) is 14.0. The lowest BCUT2D eigenvalue weighted by Gasteiger charge is -2.09. The van der Waals surface area contributed by atoms with Gasteiger partial charge < -0.3 is 15.2 Å². The van der Waals surface area contributed by atoms with Crippen LogP contribution in [-0.2, 0) is 9.59 Å². The first-order chi connectivity index (χ1) is 12.5. The molecule has 0 atom stereocenters. The quantitative estimate of drug-likeness (QED) is 0.511. The summed E-state index contributed by atoms with van der Waals surface area (Å²) < 4.78 is 5.14. The first-order valence-electron chi connectivity index (χ1n) is 7.73. The van der Waals surface area contributed by atoms with Crippen LogP contribution in [0, 0.1) is 0 Å². The molecule has 8 heteroatoms. The second kappa shape index (κ2) is 9.43. The lowest BCUT2D eigenvalue weighted by molar-refractivity contribution is -0.124. The third kappa shape index (κ3) is 5.78. The average Bonchev–Trinajstić information content (AvgIpc) is 2.63. The number of carbonyl (C=O) groups excluding carboxylic acids is 2. The summed E-state index contributed by atoms with van der Waals surface area (Å²) in [5.41, 5.74) is 3.20. The fourth-order valence-electron chi connectivity index (χ4n) is 2.05. The minimum Gasteiger partial charge on any atom is -0.507 e. The Morgan fingerprint density at radius 3 is 2.69 bits per heavy atom. The number of ether oxygens (including phenoxy) is 1. The molecular formula is C18H18ClN3O4. The maximum Gasteiger partial charge on any atom is 0.240 e. The van der Waals surface area contributed by atoms with E-state index in [0.29, 0.717) is 22.0 Å². The van der Waals surface area contributed by atoms with Gasteiger partial charge in [-0.15, -0.1) is 0 Å². The van der Waals surface area contributed by atoms with Crippen LogP contribution in [0.15, 0.2) is 47.6 Å². The number of halogens is 1. The van der Waals surface area contributed by atoms with Crippen LogP contribution in [0.25, 0.3) is 0 Å². The molecule has 3 N–H and O–H groups in total. The molecule has 0 aliphatic carbocycles. The van der Waals surface area contributed by atoms with Crippen molar-refractivity contribution in [3.63, 3.8) is 0 Å². The van der Waals surface area contributed by atoms with Crippen LogP contribution in [0.4, 0.5) is 5.69 Å². The number of benzene rings is 2. The third-order valence-electron chi connectivity index (χ3n) is 3.34. The van der Waals surface area contributed by atoms with Gasteiger partial charge in [0, 0.05) is 23.4 Å². The number of aromatic hydroxyl groups is 1. The highest BCUT2D eigenvalue weighted by molar-refractivity contribution is 6.30. The minimum absolute atomic E-state index is 0.0106. The van der Waals surface area contributed by atoms with Crippen LogP contribution >= 0.6 is 11.6 Å². The van der Waals surface area contributed by atoms with E-state index in [1.54, 1.807) is 24.3 Å². The van der Waals surface area contributed by atoms with Crippen LogP contribution < -0.4 is 15.5 Å². The normalized spacial score (nSPS) is 10.5. The van der Waals surface area contributed by atoms with E-state index in [9.17, 15) is 14.7 Å². The number of phenolic OH excluding ortho intramolecular Hbond substituents is 1. The summed E-state index contributed by atoms with van der Waals surface area (Å²) in [5, 5.41) is 16.5. The van der Waals surface area contributed by atoms with Gasteiger partial charge in [-0.3, -0.25) is 9.59 Å². The number of methoxy groups -OCH3 is 1. The van der Waals surface area contributed by atoms with Gasteiger partial charge in [0.05, 0.1) is 19.0 Å². The van der Waals surface area contributed by atoms with E-state index in [0.717, 1.165) is 0 Å². The Morgan fingerprint density at radius 2 is 1.92 bits per heavy atom. The van der Waals surface area contributed by atoms with Gasteiger partial charge in [-0.1, -0.05) is 23.7 Å². The molecule has 2 amide bonds. The SMILES string of the molecule is COc1ccccc1NC(=O)CCC(=O)N/N=C/c1cc(Cl)ccc1O. The molecule has 2 aromatic rings. The van der Waals surface area contributed by atoms with Gasteiger partial charge in [0.25, 0.3) is 0 Å². The van der Waals surface area contributed by atoms with Crippen LogP contribution in [0.1, 0.15) is 18.4 Å². The summed E-state index contributed by atoms with van der Waals surface area (Å²) in [6.07, 6.45) is 1.22. The Labute approximate surface area is 155 Å². The van der Waals surface area contributed by atoms with Crippen molar-refractivity contribution < 1.29 is 19.4 Å². The van der Waals surface area contributed by atoms with E-state index in [1.165, 1.54) is 31.5 Å². The molecule has 0 radical (unpaired) electrons. The van der Waals surface area contributed by atoms with Crippen LogP contribution in [0.5, 0.6) is 11.5 Å². The number of hydrazone groups is 1. The molecule has 2 aromatic carbocycles. The molecule has 0 heterocycles. The molecule has 136 valence electrons. The maximum absolute atomic E-state index is 11.9. The number of para-hydroxylation sites is 2. The first kappa shape index (κ1) is 19.3. The molecule has 2 rings (SSSR count). The average molecular weight is 376 g/mol. The lowest BCUT2D eigenvalue weighted by Crippen LogP contribution is -2.20. The van der Waals surface area contributed by atoms with Crippen molar-refractivity contribution in [1.82, 2.24) is 5.43 Å². The summed E-state index contributed by atoms with van der Waals surface area (Å²) in [6.45, 7) is 0. The van der Waals surface area contributed by atoms with E-state index in [-0.39, 0.29) is 24.5 Å². The van der Waals surface area contributed by atoms with Crippen LogP contribution in [0.2, 0.25) is 5.02 Å². The molecule has 0 aromatic heterocycles. The Bertz CT molecular complexity index is 824. The molecule has 26 heavy (non-hydrogen) atoms. The molecular weight excluding hydrogens is 358 g/mol. The fraction of sp³-hybridized carbons (Fsp3) is 0.167. The number of hydrogen-bond donors (Lipinski definition) is 3. The van der Waals surface area contributed by atoms with Crippen molar-refractivity contribution in [3.8, 4) is 11.5 Å². The van der Waals surface area contributed by atoms with Crippen LogP contribution in [-0.4, -0.2) is 30.2 Å². The fourth-order valence-corrected chi connectivity index (χ4v) is 2.23. The lowest BCUT2D eigenvalue weighted by atomic mass is 10.2. The number of phenols is 1. The summed E-state index contributed by atoms with van der Waals surface area (Å²) in [7, 11) is 1.51. The minimum atomic E-state index is -0.432. The van der Waals surface area contributed by atoms with Gasteiger partial charge in [0.1, 0.15) is 11.5 Å². The van der Waals surface area contributed by atoms with Crippen molar-refractivity contribution in [3.05, 3.63) is 53.1 Å². The van der Waals surface area contributed by atoms with Gasteiger partial charge in [-0.2, -0.15) is 5.10 Å². The van der Waals surface area contributed by atoms with Crippen molar-refractivity contribution >= 4 is 35.3 Å². The zero-order chi connectivity index (χ0) is 18.9. The molecule has 0 fully saturated rings. The second-order valence-corrected chi connectivity index (χ2v) is 5.68. The van der Waals surface area contributed by atoms with Crippen molar-refractivity contribution in [2.45, 2.75) is 12.8 Å². The van der Waals surface area contributed by atoms with Crippen molar-refractivity contribution in [1.29, 1.82) is 0 Å². The number of nitrogens with one attached hydrogen (secondary N) is 2. The molecule has 0 aliphatic rings. The number of hydrogen-bond acceptors (Lipinski definition) is 5. The molecule has 0 saturated carbocycles. The number of nitrogens with zero attached hydrogens (tertiary/aromatic N) is 1. The molecule has 0 unspecified atom stereocenters. The first-order valence-corrected chi connectivity index (χ1v) is 8.10. The van der Waals surface area contributed by atoms with E-state index < -0.39 is 5.91 Å². The second-order valence-electron chi connectivity index (χ2n) is 5.24. The van der Waals surface area contributed by atoms with Crippen molar-refractivity contribution in [2.24, 2.45) is 5.10 Å². The molecule has 0 saturated heterocycles. The molecule has 0 aliphatic heterocycles. The van der Waals surface area contributed by atoms with Gasteiger partial charge in [0.2, 0.25) is 11.8 Å². The molecule has 0 spiro atoms. The summed E-state index contributed by atoms with van der Waals surface area (Å²) in [4.78, 5) is 23.7. The van der Waals surface area contributed by atoms with E-state index in [1.807, 2.05) is 0 Å². The highest BCUT2D eigenvalue weighted by Gasteiger charge is 2.09. The predicted molar refractivity (Wildman–Crippen MR) is 99.7 cm³/mol. The van der Waals surface area contributed by atoms with E-state index in [4.69, 9.17) is 16.3 Å². The van der Waals surface area contributed by atoms with Gasteiger partial charge in [-0.05, 0) is 30.3 Å². The number of rotatable bonds is 7. The summed E-state index contributed by atoms with van der Waals surface area (Å²) in [6, 6.07) is 11.5. The molecule has 7 nitrogen and oxygen atoms in total. The zero-order valence-corrected chi connectivity index (χ0v) is 14.8. The van der Waals surface area contributed by atoms with Crippen molar-refractivity contribution in [2.75, 3.05) is 12.4 Å².